The van der Waals surface area contributed by atoms with Crippen molar-refractivity contribution in [1.29, 1.82) is 0 Å². The van der Waals surface area contributed by atoms with Gasteiger partial charge in [-0.05, 0) is 40.9 Å². The maximum atomic E-state index is 14.3. The molecule has 0 saturated carbocycles. The van der Waals surface area contributed by atoms with Crippen molar-refractivity contribution < 1.29 is 14.0 Å². The Morgan fingerprint density at radius 1 is 1.10 bits per heavy atom. The van der Waals surface area contributed by atoms with Gasteiger partial charge in [-0.3, -0.25) is 14.6 Å². The lowest BCUT2D eigenvalue weighted by Crippen LogP contribution is -2.50. The van der Waals surface area contributed by atoms with Gasteiger partial charge in [0.25, 0.3) is 11.8 Å². The molecule has 1 aromatic carbocycles. The number of aromatic nitrogens is 2. The Hall–Kier alpha value is -3.13. The van der Waals surface area contributed by atoms with E-state index in [2.05, 4.69) is 21.4 Å². The summed E-state index contributed by atoms with van der Waals surface area (Å²) in [6.07, 6.45) is 5.18. The second kappa shape index (κ2) is 8.19. The molecule has 2 aliphatic heterocycles. The number of benzene rings is 1. The average molecular weight is 437 g/mol. The number of fused-ring (bicyclic) bond motifs is 1. The molecule has 0 unspecified atom stereocenters. The van der Waals surface area contributed by atoms with Crippen LogP contribution in [0.15, 0.2) is 59.7 Å². The summed E-state index contributed by atoms with van der Waals surface area (Å²) < 4.78 is 14.3. The van der Waals surface area contributed by atoms with Crippen molar-refractivity contribution in [2.45, 2.75) is 18.4 Å². The quantitative estimate of drug-likeness (QED) is 0.631. The summed E-state index contributed by atoms with van der Waals surface area (Å²) in [4.78, 5) is 38.0. The highest BCUT2D eigenvalue weighted by molar-refractivity contribution is 7.08. The number of rotatable bonds is 3. The SMILES string of the molecule is O=C(c1cnccn1)N1CC[C@@H]2[C@H](C1)[C@@H](c1ccsc1)CN2C(=O)c1ccccc1F. The number of halogens is 1. The topological polar surface area (TPSA) is 66.4 Å². The zero-order valence-electron chi connectivity index (χ0n) is 16.7. The van der Waals surface area contributed by atoms with E-state index in [9.17, 15) is 14.0 Å². The molecular formula is C23H21FN4O2S. The predicted molar refractivity (Wildman–Crippen MR) is 114 cm³/mol. The lowest BCUT2D eigenvalue weighted by Gasteiger charge is -2.38. The molecule has 0 spiro atoms. The molecule has 31 heavy (non-hydrogen) atoms. The van der Waals surface area contributed by atoms with Gasteiger partial charge in [-0.15, -0.1) is 0 Å². The van der Waals surface area contributed by atoms with Crippen LogP contribution < -0.4 is 0 Å². The lowest BCUT2D eigenvalue weighted by molar-refractivity contribution is 0.0528. The molecule has 8 heteroatoms. The average Bonchev–Trinajstić information content (AvgIpc) is 3.46. The van der Waals surface area contributed by atoms with Gasteiger partial charge < -0.3 is 9.80 Å². The molecular weight excluding hydrogens is 415 g/mol. The largest absolute Gasteiger partial charge is 0.337 e. The highest BCUT2D eigenvalue weighted by atomic mass is 32.1. The van der Waals surface area contributed by atoms with Gasteiger partial charge >= 0.3 is 0 Å². The van der Waals surface area contributed by atoms with Crippen LogP contribution in [0.3, 0.4) is 0 Å². The van der Waals surface area contributed by atoms with Crippen molar-refractivity contribution in [2.24, 2.45) is 5.92 Å². The molecule has 2 saturated heterocycles. The zero-order valence-corrected chi connectivity index (χ0v) is 17.5. The summed E-state index contributed by atoms with van der Waals surface area (Å²) in [5, 5.41) is 4.12. The van der Waals surface area contributed by atoms with E-state index >= 15 is 0 Å². The fourth-order valence-electron chi connectivity index (χ4n) is 4.85. The van der Waals surface area contributed by atoms with Gasteiger partial charge in [0.05, 0.1) is 11.8 Å². The summed E-state index contributed by atoms with van der Waals surface area (Å²) in [6, 6.07) is 8.16. The van der Waals surface area contributed by atoms with Crippen LogP contribution in [0.4, 0.5) is 4.39 Å². The maximum absolute atomic E-state index is 14.3. The fraction of sp³-hybridized carbons (Fsp3) is 0.304. The molecule has 2 aliphatic rings. The highest BCUT2D eigenvalue weighted by Crippen LogP contribution is 2.43. The third kappa shape index (κ3) is 3.61. The van der Waals surface area contributed by atoms with Gasteiger partial charge in [0.2, 0.25) is 0 Å². The van der Waals surface area contributed by atoms with E-state index in [1.54, 1.807) is 29.7 Å². The number of carbonyl (C=O) groups excluding carboxylic acids is 2. The Labute approximate surface area is 183 Å². The van der Waals surface area contributed by atoms with Gasteiger partial charge in [0.15, 0.2) is 0 Å². The van der Waals surface area contributed by atoms with E-state index in [1.807, 2.05) is 15.2 Å². The molecule has 0 N–H and O–H groups in total. The molecule has 0 radical (unpaired) electrons. The summed E-state index contributed by atoms with van der Waals surface area (Å²) in [5.41, 5.74) is 1.59. The number of piperidine rings is 1. The van der Waals surface area contributed by atoms with Crippen LogP contribution in [-0.4, -0.2) is 57.3 Å². The van der Waals surface area contributed by atoms with Crippen molar-refractivity contribution in [3.63, 3.8) is 0 Å². The van der Waals surface area contributed by atoms with E-state index < -0.39 is 5.82 Å². The Kier molecular flexibility index (Phi) is 5.23. The summed E-state index contributed by atoms with van der Waals surface area (Å²) in [6.45, 7) is 1.57. The normalized spacial score (nSPS) is 22.9. The number of carbonyl (C=O) groups is 2. The monoisotopic (exact) mass is 436 g/mol. The Morgan fingerprint density at radius 2 is 1.97 bits per heavy atom. The molecule has 2 amide bonds. The van der Waals surface area contributed by atoms with Crippen LogP contribution in [0, 0.1) is 11.7 Å². The smallest absolute Gasteiger partial charge is 0.274 e. The van der Waals surface area contributed by atoms with Crippen molar-refractivity contribution in [2.75, 3.05) is 19.6 Å². The van der Waals surface area contributed by atoms with Crippen LogP contribution in [-0.2, 0) is 0 Å². The van der Waals surface area contributed by atoms with E-state index in [-0.39, 0.29) is 35.3 Å². The molecule has 3 atom stereocenters. The first-order valence-electron chi connectivity index (χ1n) is 10.3. The first-order valence-corrected chi connectivity index (χ1v) is 11.2. The third-order valence-corrected chi connectivity index (χ3v) is 7.04. The fourth-order valence-corrected chi connectivity index (χ4v) is 5.58. The van der Waals surface area contributed by atoms with Gasteiger partial charge in [-0.1, -0.05) is 12.1 Å². The van der Waals surface area contributed by atoms with Gasteiger partial charge in [-0.25, -0.2) is 9.37 Å². The van der Waals surface area contributed by atoms with Crippen LogP contribution in [0.1, 0.15) is 38.7 Å². The zero-order chi connectivity index (χ0) is 21.4. The van der Waals surface area contributed by atoms with Gasteiger partial charge in [0, 0.05) is 49.9 Å². The minimum absolute atomic E-state index is 0.0390. The predicted octanol–water partition coefficient (Wildman–Crippen LogP) is 3.45. The van der Waals surface area contributed by atoms with E-state index in [1.165, 1.54) is 24.5 Å². The van der Waals surface area contributed by atoms with Crippen molar-refractivity contribution in [3.05, 3.63) is 82.3 Å². The molecule has 2 fully saturated rings. The first kappa shape index (κ1) is 19.8. The Balaban J connectivity index is 1.43. The number of hydrogen-bond acceptors (Lipinski definition) is 5. The standard InChI is InChI=1S/C23H21FN4O2S/c24-19-4-2-1-3-16(19)22(29)28-13-17(15-6-10-31-14-15)18-12-27(9-5-21(18)28)23(30)20-11-25-7-8-26-20/h1-4,6-8,10-11,14,17-18,21H,5,9,12-13H2/t17-,18-,21-/m1/s1. The molecule has 5 rings (SSSR count). The van der Waals surface area contributed by atoms with Crippen LogP contribution in [0.25, 0.3) is 0 Å². The maximum Gasteiger partial charge on any atom is 0.274 e. The van der Waals surface area contributed by atoms with Crippen LogP contribution in [0.5, 0.6) is 0 Å². The minimum atomic E-state index is -0.502. The van der Waals surface area contributed by atoms with Gasteiger partial charge in [0.1, 0.15) is 11.5 Å². The molecule has 158 valence electrons. The van der Waals surface area contributed by atoms with E-state index in [0.717, 1.165) is 5.56 Å². The van der Waals surface area contributed by atoms with Crippen LogP contribution in [0.2, 0.25) is 0 Å². The molecule has 2 aromatic heterocycles. The number of hydrogen-bond donors (Lipinski definition) is 0. The van der Waals surface area contributed by atoms with Crippen molar-refractivity contribution in [1.82, 2.24) is 19.8 Å². The number of thiophene rings is 1. The molecule has 3 aromatic rings. The molecule has 0 bridgehead atoms. The first-order chi connectivity index (χ1) is 15.1. The van der Waals surface area contributed by atoms with E-state index in [0.29, 0.717) is 31.7 Å². The number of likely N-dealkylation sites (tertiary alicyclic amines) is 2. The number of nitrogens with zero attached hydrogens (tertiary/aromatic N) is 4. The molecule has 4 heterocycles. The lowest BCUT2D eigenvalue weighted by atomic mass is 9.82. The summed E-state index contributed by atoms with van der Waals surface area (Å²) >= 11 is 1.62. The number of amides is 2. The second-order valence-corrected chi connectivity index (χ2v) is 8.74. The second-order valence-electron chi connectivity index (χ2n) is 7.96. The Bertz CT molecular complexity index is 1090. The van der Waals surface area contributed by atoms with Crippen molar-refractivity contribution >= 4 is 23.2 Å². The summed E-state index contributed by atoms with van der Waals surface area (Å²) in [7, 11) is 0. The summed E-state index contributed by atoms with van der Waals surface area (Å²) in [5.74, 6) is -0.739. The molecule has 6 nitrogen and oxygen atoms in total. The van der Waals surface area contributed by atoms with E-state index in [4.69, 9.17) is 0 Å². The minimum Gasteiger partial charge on any atom is -0.337 e. The van der Waals surface area contributed by atoms with Crippen molar-refractivity contribution in [3.8, 4) is 0 Å². The highest BCUT2D eigenvalue weighted by Gasteiger charge is 2.48. The van der Waals surface area contributed by atoms with Crippen LogP contribution >= 0.6 is 11.3 Å². The molecule has 0 aliphatic carbocycles. The van der Waals surface area contributed by atoms with Gasteiger partial charge in [-0.2, -0.15) is 11.3 Å². The third-order valence-electron chi connectivity index (χ3n) is 6.34. The Morgan fingerprint density at radius 3 is 2.71 bits per heavy atom.